The van der Waals surface area contributed by atoms with E-state index in [9.17, 15) is 22.0 Å². The molecule has 1 aliphatic rings. The summed E-state index contributed by atoms with van der Waals surface area (Å²) >= 11 is 0. The number of aromatic amines is 1. The summed E-state index contributed by atoms with van der Waals surface area (Å²) in [4.78, 5) is 15.0. The molecule has 0 bridgehead atoms. The van der Waals surface area contributed by atoms with Gasteiger partial charge in [-0.05, 0) is 59.7 Å². The SMILES string of the molecule is NC(=O)c1cc(-c2cc(F)cc(F)c2)cc2c(C3CCS(=O)(=O)CC3)c[nH]c12. The van der Waals surface area contributed by atoms with Gasteiger partial charge in [0.05, 0.1) is 22.6 Å². The van der Waals surface area contributed by atoms with Crippen LogP contribution in [0.5, 0.6) is 0 Å². The molecule has 4 rings (SSSR count). The third-order valence-electron chi connectivity index (χ3n) is 5.28. The zero-order chi connectivity index (χ0) is 20.1. The molecule has 1 saturated heterocycles. The molecular formula is C20H18F2N2O3S. The van der Waals surface area contributed by atoms with E-state index in [2.05, 4.69) is 4.98 Å². The number of rotatable bonds is 3. The molecular weight excluding hydrogens is 386 g/mol. The van der Waals surface area contributed by atoms with E-state index in [4.69, 9.17) is 5.73 Å². The normalized spacial score (nSPS) is 17.1. The summed E-state index contributed by atoms with van der Waals surface area (Å²) in [6.45, 7) is 0. The molecule has 3 aromatic rings. The smallest absolute Gasteiger partial charge is 0.250 e. The van der Waals surface area contributed by atoms with Crippen LogP contribution in [0.1, 0.15) is 34.7 Å². The molecule has 0 atom stereocenters. The lowest BCUT2D eigenvalue weighted by Gasteiger charge is -2.21. The molecule has 0 unspecified atom stereocenters. The van der Waals surface area contributed by atoms with Gasteiger partial charge in [-0.1, -0.05) is 0 Å². The number of amides is 1. The predicted molar refractivity (Wildman–Crippen MR) is 103 cm³/mol. The Kier molecular flexibility index (Phi) is 4.45. The number of benzene rings is 2. The zero-order valence-electron chi connectivity index (χ0n) is 14.8. The molecule has 5 nitrogen and oxygen atoms in total. The highest BCUT2D eigenvalue weighted by Gasteiger charge is 2.27. The zero-order valence-corrected chi connectivity index (χ0v) is 15.7. The van der Waals surface area contributed by atoms with E-state index in [1.54, 1.807) is 12.3 Å². The second kappa shape index (κ2) is 6.70. The van der Waals surface area contributed by atoms with E-state index in [0.717, 1.165) is 11.6 Å². The summed E-state index contributed by atoms with van der Waals surface area (Å²) in [7, 11) is -3.01. The van der Waals surface area contributed by atoms with E-state index < -0.39 is 27.4 Å². The molecule has 0 aliphatic carbocycles. The topological polar surface area (TPSA) is 93.0 Å². The minimum Gasteiger partial charge on any atom is -0.366 e. The van der Waals surface area contributed by atoms with Crippen molar-refractivity contribution < 1.29 is 22.0 Å². The van der Waals surface area contributed by atoms with Gasteiger partial charge in [0, 0.05) is 17.6 Å². The van der Waals surface area contributed by atoms with Crippen LogP contribution in [0.3, 0.4) is 0 Å². The van der Waals surface area contributed by atoms with Crippen molar-refractivity contribution in [1.29, 1.82) is 0 Å². The monoisotopic (exact) mass is 404 g/mol. The number of fused-ring (bicyclic) bond motifs is 1. The van der Waals surface area contributed by atoms with E-state index in [-0.39, 0.29) is 23.0 Å². The highest BCUT2D eigenvalue weighted by Crippen LogP contribution is 2.37. The van der Waals surface area contributed by atoms with Crippen molar-refractivity contribution in [3.8, 4) is 11.1 Å². The first-order chi connectivity index (χ1) is 13.2. The first kappa shape index (κ1) is 18.6. The molecule has 1 aliphatic heterocycles. The number of sulfone groups is 1. The van der Waals surface area contributed by atoms with Crippen LogP contribution >= 0.6 is 0 Å². The number of carbonyl (C=O) groups is 1. The van der Waals surface area contributed by atoms with E-state index in [0.29, 0.717) is 34.9 Å². The Balaban J connectivity index is 1.88. The van der Waals surface area contributed by atoms with Crippen molar-refractivity contribution >= 4 is 26.6 Å². The minimum atomic E-state index is -3.01. The fourth-order valence-corrected chi connectivity index (χ4v) is 5.36. The van der Waals surface area contributed by atoms with Crippen molar-refractivity contribution in [2.75, 3.05) is 11.5 Å². The maximum Gasteiger partial charge on any atom is 0.250 e. The lowest BCUT2D eigenvalue weighted by molar-refractivity contribution is 0.100. The highest BCUT2D eigenvalue weighted by molar-refractivity contribution is 7.91. The van der Waals surface area contributed by atoms with Crippen LogP contribution in [-0.2, 0) is 9.84 Å². The molecule has 1 fully saturated rings. The quantitative estimate of drug-likeness (QED) is 0.700. The van der Waals surface area contributed by atoms with Gasteiger partial charge < -0.3 is 10.7 Å². The van der Waals surface area contributed by atoms with Crippen molar-refractivity contribution in [3.63, 3.8) is 0 Å². The Labute approximate surface area is 160 Å². The van der Waals surface area contributed by atoms with Gasteiger partial charge in [0.15, 0.2) is 0 Å². The Morgan fingerprint density at radius 2 is 1.61 bits per heavy atom. The van der Waals surface area contributed by atoms with Crippen molar-refractivity contribution in [2.45, 2.75) is 18.8 Å². The first-order valence-electron chi connectivity index (χ1n) is 8.85. The van der Waals surface area contributed by atoms with Crippen molar-refractivity contribution in [3.05, 3.63) is 59.3 Å². The fourth-order valence-electron chi connectivity index (χ4n) is 3.87. The molecule has 8 heteroatoms. The molecule has 1 amide bonds. The average Bonchev–Trinajstić information content (AvgIpc) is 3.04. The number of hydrogen-bond acceptors (Lipinski definition) is 3. The van der Waals surface area contributed by atoms with Crippen LogP contribution in [0, 0.1) is 11.6 Å². The number of carbonyl (C=O) groups excluding carboxylic acids is 1. The predicted octanol–water partition coefficient (Wildman–Crippen LogP) is 3.50. The van der Waals surface area contributed by atoms with Gasteiger partial charge in [-0.25, -0.2) is 17.2 Å². The summed E-state index contributed by atoms with van der Waals surface area (Å²) in [6, 6.07) is 6.42. The number of nitrogens with one attached hydrogen (secondary N) is 1. The van der Waals surface area contributed by atoms with Gasteiger partial charge >= 0.3 is 0 Å². The molecule has 2 heterocycles. The van der Waals surface area contributed by atoms with E-state index in [1.165, 1.54) is 18.2 Å². The Morgan fingerprint density at radius 1 is 1.00 bits per heavy atom. The van der Waals surface area contributed by atoms with Crippen LogP contribution in [0.15, 0.2) is 36.5 Å². The highest BCUT2D eigenvalue weighted by atomic mass is 32.2. The third kappa shape index (κ3) is 3.40. The van der Waals surface area contributed by atoms with Gasteiger partial charge in [-0.15, -0.1) is 0 Å². The third-order valence-corrected chi connectivity index (χ3v) is 6.99. The van der Waals surface area contributed by atoms with Crippen LogP contribution in [0.25, 0.3) is 22.0 Å². The molecule has 3 N–H and O–H groups in total. The number of nitrogens with two attached hydrogens (primary N) is 1. The Hall–Kier alpha value is -2.74. The largest absolute Gasteiger partial charge is 0.366 e. The molecule has 0 spiro atoms. The molecule has 28 heavy (non-hydrogen) atoms. The number of halogens is 2. The number of H-pyrrole nitrogens is 1. The molecule has 0 saturated carbocycles. The average molecular weight is 404 g/mol. The van der Waals surface area contributed by atoms with E-state index >= 15 is 0 Å². The second-order valence-electron chi connectivity index (χ2n) is 7.14. The van der Waals surface area contributed by atoms with E-state index in [1.807, 2.05) is 0 Å². The van der Waals surface area contributed by atoms with Crippen LogP contribution in [0.2, 0.25) is 0 Å². The first-order valence-corrected chi connectivity index (χ1v) is 10.7. The summed E-state index contributed by atoms with van der Waals surface area (Å²) in [5, 5.41) is 0.709. The molecule has 146 valence electrons. The van der Waals surface area contributed by atoms with Crippen molar-refractivity contribution in [1.82, 2.24) is 4.98 Å². The summed E-state index contributed by atoms with van der Waals surface area (Å²) in [5.41, 5.74) is 7.91. The molecule has 2 aromatic carbocycles. The number of hydrogen-bond donors (Lipinski definition) is 2. The summed E-state index contributed by atoms with van der Waals surface area (Å²) < 4.78 is 50.8. The van der Waals surface area contributed by atoms with Gasteiger partial charge in [0.25, 0.3) is 5.91 Å². The van der Waals surface area contributed by atoms with Gasteiger partial charge in [-0.3, -0.25) is 4.79 Å². The summed E-state index contributed by atoms with van der Waals surface area (Å²) in [6.07, 6.45) is 2.73. The van der Waals surface area contributed by atoms with Crippen molar-refractivity contribution in [2.24, 2.45) is 5.73 Å². The second-order valence-corrected chi connectivity index (χ2v) is 9.44. The fraction of sp³-hybridized carbons (Fsp3) is 0.250. The Morgan fingerprint density at radius 3 is 2.21 bits per heavy atom. The van der Waals surface area contributed by atoms with Crippen LogP contribution in [-0.4, -0.2) is 30.8 Å². The number of primary amides is 1. The minimum absolute atomic E-state index is 0.0116. The van der Waals surface area contributed by atoms with Gasteiger partial charge in [-0.2, -0.15) is 0 Å². The Bertz CT molecular complexity index is 1170. The van der Waals surface area contributed by atoms with Gasteiger partial charge in [0.2, 0.25) is 0 Å². The standard InChI is InChI=1S/C20H18F2N2O3S/c21-14-5-12(6-15(22)9-14)13-7-16-18(11-1-3-28(26,27)4-2-11)10-24-19(16)17(8-13)20(23)25/h5-11,24H,1-4H2,(H2,23,25). The lowest BCUT2D eigenvalue weighted by Crippen LogP contribution is -2.22. The van der Waals surface area contributed by atoms with Gasteiger partial charge in [0.1, 0.15) is 21.5 Å². The van der Waals surface area contributed by atoms with Crippen LogP contribution in [0.4, 0.5) is 8.78 Å². The molecule has 0 radical (unpaired) electrons. The maximum atomic E-state index is 13.7. The maximum absolute atomic E-state index is 13.7. The molecule has 1 aromatic heterocycles. The lowest BCUT2D eigenvalue weighted by atomic mass is 9.91. The van der Waals surface area contributed by atoms with Crippen LogP contribution < -0.4 is 5.73 Å². The number of aromatic nitrogens is 1. The summed E-state index contributed by atoms with van der Waals surface area (Å²) in [5.74, 6) is -1.87.